The first-order valence-corrected chi connectivity index (χ1v) is 13.0. The van der Waals surface area contributed by atoms with Gasteiger partial charge in [0.1, 0.15) is 12.4 Å². The van der Waals surface area contributed by atoms with Crippen LogP contribution in [0.1, 0.15) is 29.1 Å². The molecule has 6 heteroatoms. The second-order valence-corrected chi connectivity index (χ2v) is 10.0. The number of fused-ring (bicyclic) bond motifs is 1. The van der Waals surface area contributed by atoms with Crippen LogP contribution in [-0.4, -0.2) is 41.5 Å². The van der Waals surface area contributed by atoms with Crippen LogP contribution in [0.5, 0.6) is 5.75 Å². The molecule has 0 amide bonds. The van der Waals surface area contributed by atoms with Gasteiger partial charge in [-0.25, -0.2) is 0 Å². The van der Waals surface area contributed by atoms with E-state index in [-0.39, 0.29) is 5.78 Å². The predicted octanol–water partition coefficient (Wildman–Crippen LogP) is 6.95. The molecule has 1 unspecified atom stereocenters. The summed E-state index contributed by atoms with van der Waals surface area (Å²) >= 11 is 3.43. The first-order valence-electron chi connectivity index (χ1n) is 11.0. The maximum atomic E-state index is 13.5. The minimum atomic E-state index is -1.54. The molecule has 1 aromatic heterocycles. The van der Waals surface area contributed by atoms with Crippen LogP contribution in [-0.2, 0) is 0 Å². The van der Waals surface area contributed by atoms with Crippen LogP contribution in [0.4, 0.5) is 0 Å². The molecule has 1 heterocycles. The highest BCUT2D eigenvalue weighted by atomic mass is 79.9. The topological polar surface area (TPSA) is 52.6 Å². The smallest absolute Gasteiger partial charge is 0.245 e. The number of ketones is 1. The number of hydrogen-bond acceptors (Lipinski definition) is 4. The largest absolute Gasteiger partial charge is 0.590 e. The molecule has 3 aromatic carbocycles. The van der Waals surface area contributed by atoms with Crippen molar-refractivity contribution in [2.24, 2.45) is 0 Å². The second-order valence-electron chi connectivity index (χ2n) is 7.71. The van der Waals surface area contributed by atoms with Crippen LogP contribution in [0.2, 0.25) is 0 Å². The molecule has 0 fully saturated rings. The fourth-order valence-corrected chi connectivity index (χ4v) is 5.85. The fourth-order valence-electron chi connectivity index (χ4n) is 3.96. The van der Waals surface area contributed by atoms with Gasteiger partial charge in [-0.05, 0) is 65.8 Å². The van der Waals surface area contributed by atoms with Crippen LogP contribution in [0.25, 0.3) is 21.2 Å². The average molecular weight is 524 g/mol. The number of nitrogens with zero attached hydrogens (tertiary/aromatic N) is 1. The van der Waals surface area contributed by atoms with E-state index in [2.05, 4.69) is 34.7 Å². The number of rotatable bonds is 9. The standard InChI is InChI=1S/C27H26BrNO3S/c1-3-29(4-2)16-17-32-22-14-12-19(13-15-22)25-23-10-5-6-11-24(23)33(31)27(25)26(30)20-8-7-9-21(28)18-20/h5-15,18H,3-4,16-17H2,1-2H3. The summed E-state index contributed by atoms with van der Waals surface area (Å²) in [6.07, 6.45) is 0. The highest BCUT2D eigenvalue weighted by Gasteiger charge is 2.30. The van der Waals surface area contributed by atoms with Crippen molar-refractivity contribution >= 4 is 42.6 Å². The zero-order valence-electron chi connectivity index (χ0n) is 18.7. The Hall–Kier alpha value is -2.51. The first kappa shape index (κ1) is 23.6. The Kier molecular flexibility index (Phi) is 7.60. The molecule has 33 heavy (non-hydrogen) atoms. The summed E-state index contributed by atoms with van der Waals surface area (Å²) in [4.78, 5) is 16.1. The van der Waals surface area contributed by atoms with Crippen molar-refractivity contribution in [2.75, 3.05) is 26.2 Å². The molecule has 0 spiro atoms. The molecule has 0 saturated heterocycles. The number of thiophene rings is 1. The van der Waals surface area contributed by atoms with Gasteiger partial charge in [-0.1, -0.05) is 66.2 Å². The van der Waals surface area contributed by atoms with Crippen LogP contribution < -0.4 is 4.74 Å². The first-order chi connectivity index (χ1) is 16.0. The van der Waals surface area contributed by atoms with Gasteiger partial charge in [0.05, 0.1) is 5.56 Å². The Labute approximate surface area is 205 Å². The summed E-state index contributed by atoms with van der Waals surface area (Å²) in [5.74, 6) is 0.555. The summed E-state index contributed by atoms with van der Waals surface area (Å²) in [5, 5.41) is 0.837. The quantitative estimate of drug-likeness (QED) is 0.176. The van der Waals surface area contributed by atoms with E-state index in [1.807, 2.05) is 60.7 Å². The lowest BCUT2D eigenvalue weighted by Gasteiger charge is -2.18. The Bertz CT molecular complexity index is 1260. The Morgan fingerprint density at radius 1 is 1.00 bits per heavy atom. The maximum absolute atomic E-state index is 13.5. The van der Waals surface area contributed by atoms with Crippen LogP contribution in [0.15, 0.2) is 77.3 Å². The number of hydrogen-bond donors (Lipinski definition) is 0. The predicted molar refractivity (Wildman–Crippen MR) is 139 cm³/mol. The van der Waals surface area contributed by atoms with Crippen molar-refractivity contribution in [2.45, 2.75) is 13.8 Å². The van der Waals surface area contributed by atoms with Gasteiger partial charge >= 0.3 is 0 Å². The van der Waals surface area contributed by atoms with Crippen molar-refractivity contribution in [1.29, 1.82) is 0 Å². The third-order valence-corrected chi connectivity index (χ3v) is 7.78. The molecule has 0 bridgehead atoms. The molecule has 0 aliphatic heterocycles. The summed E-state index contributed by atoms with van der Waals surface area (Å²) in [6.45, 7) is 7.77. The fraction of sp³-hybridized carbons (Fsp3) is 0.222. The van der Waals surface area contributed by atoms with Crippen molar-refractivity contribution in [3.8, 4) is 16.9 Å². The highest BCUT2D eigenvalue weighted by Crippen LogP contribution is 2.45. The van der Waals surface area contributed by atoms with Gasteiger partial charge in [-0.15, -0.1) is 0 Å². The van der Waals surface area contributed by atoms with Crippen LogP contribution >= 0.6 is 26.7 Å². The molecule has 4 rings (SSSR count). The zero-order valence-corrected chi connectivity index (χ0v) is 21.1. The molecule has 170 valence electrons. The number of likely N-dealkylation sites (N-methyl/N-ethyl adjacent to an activating group) is 1. The second kappa shape index (κ2) is 10.6. The molecule has 0 radical (unpaired) electrons. The van der Waals surface area contributed by atoms with E-state index in [9.17, 15) is 9.35 Å². The third kappa shape index (κ3) is 5.04. The molecular weight excluding hydrogens is 498 g/mol. The Morgan fingerprint density at radius 2 is 1.73 bits per heavy atom. The Balaban J connectivity index is 1.70. The summed E-state index contributed by atoms with van der Waals surface area (Å²) in [6, 6.07) is 22.4. The lowest BCUT2D eigenvalue weighted by molar-refractivity contribution is 0.104. The molecule has 4 nitrogen and oxygen atoms in total. The van der Waals surface area contributed by atoms with Crippen LogP contribution in [0, 0.1) is 0 Å². The van der Waals surface area contributed by atoms with Crippen molar-refractivity contribution < 1.29 is 14.1 Å². The number of halogens is 1. The van der Waals surface area contributed by atoms with Gasteiger partial charge in [0.25, 0.3) is 0 Å². The van der Waals surface area contributed by atoms with Crippen LogP contribution in [0.3, 0.4) is 0 Å². The van der Waals surface area contributed by atoms with Crippen molar-refractivity contribution in [3.63, 3.8) is 0 Å². The lowest BCUT2D eigenvalue weighted by atomic mass is 9.98. The van der Waals surface area contributed by atoms with E-state index in [1.165, 1.54) is 0 Å². The van der Waals surface area contributed by atoms with Gasteiger partial charge in [0.15, 0.2) is 4.70 Å². The maximum Gasteiger partial charge on any atom is 0.245 e. The van der Waals surface area contributed by atoms with Gasteiger partial charge < -0.3 is 14.2 Å². The Morgan fingerprint density at radius 3 is 2.42 bits per heavy atom. The normalized spacial score (nSPS) is 11.8. The average Bonchev–Trinajstić information content (AvgIpc) is 3.14. The van der Waals surface area contributed by atoms with E-state index in [4.69, 9.17) is 4.74 Å². The zero-order chi connectivity index (χ0) is 23.4. The lowest BCUT2D eigenvalue weighted by Crippen LogP contribution is -2.27. The summed E-state index contributed by atoms with van der Waals surface area (Å²) in [5.41, 5.74) is 2.08. The van der Waals surface area contributed by atoms with E-state index in [0.29, 0.717) is 21.7 Å². The highest BCUT2D eigenvalue weighted by molar-refractivity contribution is 9.10. The summed E-state index contributed by atoms with van der Waals surface area (Å²) < 4.78 is 20.8. The van der Waals surface area contributed by atoms with Crippen molar-refractivity contribution in [3.05, 3.63) is 87.7 Å². The number of carbonyl (C=O) groups excluding carboxylic acids is 1. The minimum Gasteiger partial charge on any atom is -0.590 e. The number of benzene rings is 3. The van der Waals surface area contributed by atoms with Gasteiger partial charge in [0, 0.05) is 22.0 Å². The van der Waals surface area contributed by atoms with Gasteiger partial charge in [-0.2, -0.15) is 0 Å². The third-order valence-electron chi connectivity index (χ3n) is 5.78. The van der Waals surface area contributed by atoms with E-state index >= 15 is 0 Å². The van der Waals surface area contributed by atoms with E-state index < -0.39 is 10.8 Å². The number of carbonyl (C=O) groups is 1. The molecule has 4 aromatic rings. The number of ether oxygens (including phenoxy) is 1. The molecular formula is C27H26BrNO3S. The molecule has 0 aliphatic carbocycles. The molecule has 0 N–H and O–H groups in total. The molecule has 0 aliphatic rings. The van der Waals surface area contributed by atoms with Crippen molar-refractivity contribution in [1.82, 2.24) is 4.90 Å². The minimum absolute atomic E-state index is 0.222. The molecule has 1 atom stereocenters. The van der Waals surface area contributed by atoms with E-state index in [1.54, 1.807) is 12.1 Å². The monoisotopic (exact) mass is 523 g/mol. The van der Waals surface area contributed by atoms with Gasteiger partial charge in [-0.3, -0.25) is 4.79 Å². The van der Waals surface area contributed by atoms with Gasteiger partial charge in [0.2, 0.25) is 10.7 Å². The molecule has 0 saturated carbocycles. The van der Waals surface area contributed by atoms with E-state index in [0.717, 1.165) is 46.4 Å². The SMILES string of the molecule is CCN(CC)CCOc1ccc(-c2c(C(=O)c3cccc(Br)c3)[s+]([O-])c3ccccc23)cc1. The summed E-state index contributed by atoms with van der Waals surface area (Å²) in [7, 11) is -1.54.